The molecule has 0 atom stereocenters. The standard InChI is InChI=1S/C24H21N3OS/c1-16-7-11-18(12-8-16)24(28)27-22(15-17-9-13-19(29-2)14-10-17)23-25-20-5-3-4-6-21(20)26-23/h3-15H,1-2H3,(H,25,26)(H,27,28)/b22-15-. The molecular weight excluding hydrogens is 378 g/mol. The minimum atomic E-state index is -0.169. The highest BCUT2D eigenvalue weighted by molar-refractivity contribution is 7.98. The van der Waals surface area contributed by atoms with Crippen molar-refractivity contribution in [1.82, 2.24) is 15.3 Å². The highest BCUT2D eigenvalue weighted by atomic mass is 32.2. The molecule has 1 heterocycles. The Labute approximate surface area is 174 Å². The molecule has 4 aromatic rings. The first-order valence-corrected chi connectivity index (χ1v) is 10.5. The van der Waals surface area contributed by atoms with Gasteiger partial charge < -0.3 is 10.3 Å². The highest BCUT2D eigenvalue weighted by Gasteiger charge is 2.13. The van der Waals surface area contributed by atoms with E-state index in [-0.39, 0.29) is 5.91 Å². The van der Waals surface area contributed by atoms with E-state index in [9.17, 15) is 4.79 Å². The molecule has 4 nitrogen and oxygen atoms in total. The first-order valence-electron chi connectivity index (χ1n) is 9.31. The topological polar surface area (TPSA) is 57.8 Å². The van der Waals surface area contributed by atoms with Crippen LogP contribution < -0.4 is 5.32 Å². The molecule has 5 heteroatoms. The number of H-pyrrole nitrogens is 1. The summed E-state index contributed by atoms with van der Waals surface area (Å²) in [5.41, 5.74) is 5.12. The Kier molecular flexibility index (Phi) is 5.49. The lowest BCUT2D eigenvalue weighted by molar-refractivity contribution is 0.0973. The number of carbonyl (C=O) groups excluding carboxylic acids is 1. The van der Waals surface area contributed by atoms with Crippen LogP contribution in [0, 0.1) is 6.92 Å². The Morgan fingerprint density at radius 3 is 2.41 bits per heavy atom. The number of thioether (sulfide) groups is 1. The largest absolute Gasteiger partial charge is 0.337 e. The van der Waals surface area contributed by atoms with Crippen molar-refractivity contribution in [3.8, 4) is 0 Å². The maximum Gasteiger partial charge on any atom is 0.255 e. The number of nitrogens with one attached hydrogen (secondary N) is 2. The van der Waals surface area contributed by atoms with Crippen LogP contribution in [0.1, 0.15) is 27.3 Å². The fourth-order valence-corrected chi connectivity index (χ4v) is 3.42. The second-order valence-electron chi connectivity index (χ2n) is 6.75. The molecule has 4 rings (SSSR count). The molecule has 0 saturated carbocycles. The van der Waals surface area contributed by atoms with Gasteiger partial charge in [-0.3, -0.25) is 4.79 Å². The van der Waals surface area contributed by atoms with Crippen molar-refractivity contribution in [3.63, 3.8) is 0 Å². The van der Waals surface area contributed by atoms with Crippen molar-refractivity contribution < 1.29 is 4.79 Å². The third kappa shape index (κ3) is 4.41. The normalized spacial score (nSPS) is 11.6. The fraction of sp³-hybridized carbons (Fsp3) is 0.0833. The summed E-state index contributed by atoms with van der Waals surface area (Å²) < 4.78 is 0. The molecule has 0 fully saturated rings. The second-order valence-corrected chi connectivity index (χ2v) is 7.63. The molecule has 1 aromatic heterocycles. The monoisotopic (exact) mass is 399 g/mol. The Balaban J connectivity index is 1.72. The third-order valence-electron chi connectivity index (χ3n) is 4.63. The number of fused-ring (bicyclic) bond motifs is 1. The van der Waals surface area contributed by atoms with Crippen molar-refractivity contribution in [2.75, 3.05) is 6.26 Å². The van der Waals surface area contributed by atoms with Crippen LogP contribution in [0.15, 0.2) is 77.7 Å². The van der Waals surface area contributed by atoms with Crippen molar-refractivity contribution in [2.45, 2.75) is 11.8 Å². The molecule has 0 spiro atoms. The molecule has 0 radical (unpaired) electrons. The van der Waals surface area contributed by atoms with E-state index in [4.69, 9.17) is 0 Å². The zero-order valence-corrected chi connectivity index (χ0v) is 17.1. The van der Waals surface area contributed by atoms with E-state index in [0.717, 1.165) is 22.2 Å². The van der Waals surface area contributed by atoms with Crippen molar-refractivity contribution >= 4 is 40.5 Å². The van der Waals surface area contributed by atoms with E-state index < -0.39 is 0 Å². The first kappa shape index (κ1) is 19.0. The Bertz CT molecular complexity index is 1140. The van der Waals surface area contributed by atoms with E-state index >= 15 is 0 Å². The number of rotatable bonds is 5. The predicted octanol–water partition coefficient (Wildman–Crippen LogP) is 5.52. The van der Waals surface area contributed by atoms with E-state index in [1.807, 2.05) is 79.9 Å². The number of hydrogen-bond acceptors (Lipinski definition) is 3. The Hall–Kier alpha value is -3.31. The van der Waals surface area contributed by atoms with Gasteiger partial charge >= 0.3 is 0 Å². The molecule has 2 N–H and O–H groups in total. The van der Waals surface area contributed by atoms with Crippen LogP contribution in [-0.2, 0) is 0 Å². The number of aryl methyl sites for hydroxylation is 1. The summed E-state index contributed by atoms with van der Waals surface area (Å²) in [5, 5.41) is 3.03. The van der Waals surface area contributed by atoms with Gasteiger partial charge in [-0.25, -0.2) is 4.98 Å². The zero-order valence-electron chi connectivity index (χ0n) is 16.3. The average Bonchev–Trinajstić information content (AvgIpc) is 3.18. The molecule has 0 bridgehead atoms. The summed E-state index contributed by atoms with van der Waals surface area (Å²) in [4.78, 5) is 22.0. The number of amides is 1. The minimum Gasteiger partial charge on any atom is -0.337 e. The Morgan fingerprint density at radius 2 is 1.72 bits per heavy atom. The molecule has 0 unspecified atom stereocenters. The second kappa shape index (κ2) is 8.37. The maximum absolute atomic E-state index is 12.8. The lowest BCUT2D eigenvalue weighted by Crippen LogP contribution is -2.22. The van der Waals surface area contributed by atoms with Gasteiger partial charge in [-0.05, 0) is 61.2 Å². The van der Waals surface area contributed by atoms with Crippen LogP contribution in [-0.4, -0.2) is 22.1 Å². The van der Waals surface area contributed by atoms with Crippen LogP contribution in [0.25, 0.3) is 22.8 Å². The number of para-hydroxylation sites is 2. The van der Waals surface area contributed by atoms with Gasteiger partial charge in [0.1, 0.15) is 0 Å². The molecule has 3 aromatic carbocycles. The molecule has 1 amide bonds. The van der Waals surface area contributed by atoms with Gasteiger partial charge in [0, 0.05) is 10.5 Å². The van der Waals surface area contributed by atoms with Crippen LogP contribution in [0.2, 0.25) is 0 Å². The molecular formula is C24H21N3OS. The van der Waals surface area contributed by atoms with Crippen LogP contribution >= 0.6 is 11.8 Å². The number of benzene rings is 3. The summed E-state index contributed by atoms with van der Waals surface area (Å²) >= 11 is 1.70. The van der Waals surface area contributed by atoms with Gasteiger partial charge in [0.05, 0.1) is 16.7 Å². The van der Waals surface area contributed by atoms with Crippen LogP contribution in [0.5, 0.6) is 0 Å². The zero-order chi connectivity index (χ0) is 20.2. The van der Waals surface area contributed by atoms with Gasteiger partial charge in [0.15, 0.2) is 5.82 Å². The lowest BCUT2D eigenvalue weighted by atomic mass is 10.1. The molecule has 0 aliphatic heterocycles. The van der Waals surface area contributed by atoms with E-state index in [0.29, 0.717) is 17.1 Å². The van der Waals surface area contributed by atoms with Crippen molar-refractivity contribution in [3.05, 3.63) is 95.3 Å². The quantitative estimate of drug-likeness (QED) is 0.434. The van der Waals surface area contributed by atoms with Gasteiger partial charge in [-0.1, -0.05) is 42.0 Å². The highest BCUT2D eigenvalue weighted by Crippen LogP contribution is 2.21. The summed E-state index contributed by atoms with van der Waals surface area (Å²) in [6, 6.07) is 23.5. The minimum absolute atomic E-state index is 0.169. The number of carbonyl (C=O) groups is 1. The first-order chi connectivity index (χ1) is 14.1. The average molecular weight is 400 g/mol. The van der Waals surface area contributed by atoms with Gasteiger partial charge in [0.2, 0.25) is 0 Å². The fourth-order valence-electron chi connectivity index (χ4n) is 3.01. The van der Waals surface area contributed by atoms with Crippen LogP contribution in [0.4, 0.5) is 0 Å². The smallest absolute Gasteiger partial charge is 0.255 e. The summed E-state index contributed by atoms with van der Waals surface area (Å²) in [6.07, 6.45) is 3.99. The molecule has 29 heavy (non-hydrogen) atoms. The summed E-state index contributed by atoms with van der Waals surface area (Å²) in [5.74, 6) is 0.457. The van der Waals surface area contributed by atoms with Gasteiger partial charge in [-0.15, -0.1) is 11.8 Å². The third-order valence-corrected chi connectivity index (χ3v) is 5.38. The lowest BCUT2D eigenvalue weighted by Gasteiger charge is -2.09. The number of imidazole rings is 1. The van der Waals surface area contributed by atoms with E-state index in [1.165, 1.54) is 4.90 Å². The maximum atomic E-state index is 12.8. The Morgan fingerprint density at radius 1 is 1.00 bits per heavy atom. The van der Waals surface area contributed by atoms with Crippen LogP contribution in [0.3, 0.4) is 0 Å². The van der Waals surface area contributed by atoms with Gasteiger partial charge in [0.25, 0.3) is 5.91 Å². The molecule has 0 aliphatic carbocycles. The van der Waals surface area contributed by atoms with Crippen molar-refractivity contribution in [2.24, 2.45) is 0 Å². The molecule has 0 aliphatic rings. The number of aromatic nitrogens is 2. The van der Waals surface area contributed by atoms with Gasteiger partial charge in [-0.2, -0.15) is 0 Å². The number of hydrogen-bond donors (Lipinski definition) is 2. The SMILES string of the molecule is CSc1ccc(/C=C(\NC(=O)c2ccc(C)cc2)c2nc3ccccc3[nH]2)cc1. The summed E-state index contributed by atoms with van der Waals surface area (Å²) in [6.45, 7) is 2.00. The number of nitrogens with zero attached hydrogens (tertiary/aromatic N) is 1. The molecule has 144 valence electrons. The predicted molar refractivity (Wildman–Crippen MR) is 121 cm³/mol. The number of aromatic amines is 1. The molecule has 0 saturated heterocycles. The summed E-state index contributed by atoms with van der Waals surface area (Å²) in [7, 11) is 0. The van der Waals surface area contributed by atoms with E-state index in [1.54, 1.807) is 11.8 Å². The van der Waals surface area contributed by atoms with Crippen molar-refractivity contribution in [1.29, 1.82) is 0 Å². The van der Waals surface area contributed by atoms with E-state index in [2.05, 4.69) is 27.4 Å².